The molecule has 0 fully saturated rings. The van der Waals surface area contributed by atoms with E-state index in [4.69, 9.17) is 14.6 Å². The highest BCUT2D eigenvalue weighted by Crippen LogP contribution is 1.89. The smallest absolute Gasteiger partial charge is 0.404 e. The molecule has 0 aromatic heterocycles. The lowest BCUT2D eigenvalue weighted by Crippen LogP contribution is -2.36. The van der Waals surface area contributed by atoms with Gasteiger partial charge in [-0.25, -0.2) is 4.79 Å². The van der Waals surface area contributed by atoms with Crippen molar-refractivity contribution in [3.05, 3.63) is 0 Å². The highest BCUT2D eigenvalue weighted by Gasteiger charge is 2.07. The van der Waals surface area contributed by atoms with E-state index >= 15 is 0 Å². The van der Waals surface area contributed by atoms with Gasteiger partial charge in [-0.05, 0) is 19.9 Å². The minimum absolute atomic E-state index is 0.177. The number of rotatable bonds is 8. The van der Waals surface area contributed by atoms with E-state index in [0.717, 1.165) is 13.0 Å². The van der Waals surface area contributed by atoms with Crippen molar-refractivity contribution < 1.29 is 24.2 Å². The molecule has 19 heavy (non-hydrogen) atoms. The van der Waals surface area contributed by atoms with Gasteiger partial charge in [0.25, 0.3) is 0 Å². The number of carbonyl (C=O) groups excluding carboxylic acids is 1. The van der Waals surface area contributed by atoms with E-state index in [1.54, 1.807) is 0 Å². The predicted octanol–water partition coefficient (Wildman–Crippen LogP) is 1.19. The molecule has 0 saturated heterocycles. The molecule has 0 aliphatic rings. The average Bonchev–Trinajstić information content (AvgIpc) is 2.34. The zero-order chi connectivity index (χ0) is 15.1. The van der Waals surface area contributed by atoms with Gasteiger partial charge in [-0.15, -0.1) is 0 Å². The lowest BCUT2D eigenvalue weighted by Gasteiger charge is -2.16. The van der Waals surface area contributed by atoms with Crippen LogP contribution in [0.2, 0.25) is 0 Å². The Balaban J connectivity index is 0. The van der Waals surface area contributed by atoms with Crippen molar-refractivity contribution in [2.24, 2.45) is 0 Å². The van der Waals surface area contributed by atoms with E-state index in [9.17, 15) is 9.59 Å². The van der Waals surface area contributed by atoms with Gasteiger partial charge in [-0.1, -0.05) is 13.8 Å². The molecule has 1 unspecified atom stereocenters. The minimum Gasteiger partial charge on any atom is -0.465 e. The molecule has 0 aliphatic carbocycles. The molecule has 3 N–H and O–H groups in total. The third kappa shape index (κ3) is 19.2. The van der Waals surface area contributed by atoms with Crippen LogP contribution >= 0.6 is 0 Å². The van der Waals surface area contributed by atoms with Crippen LogP contribution in [0.15, 0.2) is 0 Å². The molecule has 0 saturated carbocycles. The maximum Gasteiger partial charge on any atom is 0.404 e. The summed E-state index contributed by atoms with van der Waals surface area (Å²) in [4.78, 5) is 20.1. The summed E-state index contributed by atoms with van der Waals surface area (Å²) in [5.41, 5.74) is 0. The summed E-state index contributed by atoms with van der Waals surface area (Å²) in [6, 6.07) is 0. The summed E-state index contributed by atoms with van der Waals surface area (Å²) in [6.07, 6.45) is -0.266. The van der Waals surface area contributed by atoms with Crippen molar-refractivity contribution in [2.75, 3.05) is 26.3 Å². The molecular weight excluding hydrogens is 252 g/mol. The predicted molar refractivity (Wildman–Crippen MR) is 72.0 cm³/mol. The van der Waals surface area contributed by atoms with E-state index in [2.05, 4.69) is 10.6 Å². The zero-order valence-corrected chi connectivity index (χ0v) is 12.2. The number of ether oxygens (including phenoxy) is 2. The Bertz CT molecular complexity index is 230. The molecule has 0 rings (SSSR count). The first-order valence-corrected chi connectivity index (χ1v) is 6.42. The Labute approximate surface area is 114 Å². The summed E-state index contributed by atoms with van der Waals surface area (Å²) in [6.45, 7) is 9.40. The molecule has 0 radical (unpaired) electrons. The van der Waals surface area contributed by atoms with Crippen LogP contribution in [0.1, 0.15) is 34.1 Å². The fourth-order valence-electron chi connectivity index (χ4n) is 1.02. The molecular formula is C12H26N2O5. The number of amides is 1. The fraction of sp³-hybridized carbons (Fsp3) is 0.833. The van der Waals surface area contributed by atoms with Crippen LogP contribution in [0, 0.1) is 0 Å². The second-order valence-electron chi connectivity index (χ2n) is 3.54. The fourth-order valence-corrected chi connectivity index (χ4v) is 1.02. The number of carbonyl (C=O) groups is 2. The van der Waals surface area contributed by atoms with Crippen molar-refractivity contribution >= 4 is 12.1 Å². The van der Waals surface area contributed by atoms with Crippen LogP contribution in [0.5, 0.6) is 0 Å². The first-order valence-electron chi connectivity index (χ1n) is 6.42. The van der Waals surface area contributed by atoms with Crippen LogP contribution in [-0.4, -0.2) is 49.7 Å². The Morgan fingerprint density at radius 2 is 1.89 bits per heavy atom. The topological polar surface area (TPSA) is 96.9 Å². The first kappa shape index (κ1) is 20.0. The maximum atomic E-state index is 10.5. The minimum atomic E-state index is -0.943. The largest absolute Gasteiger partial charge is 0.465 e. The number of carboxylic acid groups (broad SMARTS) is 1. The van der Waals surface area contributed by atoms with E-state index in [0.29, 0.717) is 13.2 Å². The van der Waals surface area contributed by atoms with Gasteiger partial charge in [0.2, 0.25) is 0 Å². The van der Waals surface area contributed by atoms with Gasteiger partial charge in [-0.2, -0.15) is 0 Å². The quantitative estimate of drug-likeness (QED) is 0.456. The number of hydrogen-bond acceptors (Lipinski definition) is 5. The third-order valence-electron chi connectivity index (χ3n) is 1.76. The summed E-state index contributed by atoms with van der Waals surface area (Å²) in [5, 5.41) is 13.2. The third-order valence-corrected chi connectivity index (χ3v) is 1.76. The van der Waals surface area contributed by atoms with Crippen LogP contribution in [0.3, 0.4) is 0 Å². The van der Waals surface area contributed by atoms with Gasteiger partial charge in [0, 0.05) is 20.1 Å². The molecule has 0 aromatic rings. The lowest BCUT2D eigenvalue weighted by molar-refractivity contribution is -0.146. The van der Waals surface area contributed by atoms with Crippen LogP contribution < -0.4 is 10.6 Å². The molecule has 0 spiro atoms. The Kier molecular flexibility index (Phi) is 15.5. The van der Waals surface area contributed by atoms with Crippen LogP contribution in [0.4, 0.5) is 4.79 Å². The van der Waals surface area contributed by atoms with Gasteiger partial charge in [0.05, 0.1) is 0 Å². The van der Waals surface area contributed by atoms with Crippen molar-refractivity contribution in [1.29, 1.82) is 0 Å². The van der Waals surface area contributed by atoms with Gasteiger partial charge in [0.15, 0.2) is 0 Å². The summed E-state index contributed by atoms with van der Waals surface area (Å²) in [5.74, 6) is -0.280. The number of esters is 1. The first-order chi connectivity index (χ1) is 8.97. The Morgan fingerprint density at radius 1 is 1.26 bits per heavy atom. The zero-order valence-electron chi connectivity index (χ0n) is 12.2. The van der Waals surface area contributed by atoms with Gasteiger partial charge in [0.1, 0.15) is 12.8 Å². The monoisotopic (exact) mass is 278 g/mol. The highest BCUT2D eigenvalue weighted by atomic mass is 16.6. The van der Waals surface area contributed by atoms with Crippen molar-refractivity contribution in [3.8, 4) is 0 Å². The normalized spacial score (nSPS) is 10.9. The van der Waals surface area contributed by atoms with E-state index in [-0.39, 0.29) is 18.8 Å². The molecule has 0 aromatic carbocycles. The number of nitrogens with one attached hydrogen (secondary N) is 2. The molecule has 0 heterocycles. The highest BCUT2D eigenvalue weighted by molar-refractivity contribution is 5.65. The van der Waals surface area contributed by atoms with Gasteiger partial charge in [-0.3, -0.25) is 10.1 Å². The molecule has 0 bridgehead atoms. The SMILES string of the molecule is CCCNC(=O)O.CCNC(COC(C)=O)OCC. The Hall–Kier alpha value is -1.34. The van der Waals surface area contributed by atoms with Crippen molar-refractivity contribution in [2.45, 2.75) is 40.3 Å². The molecule has 1 amide bonds. The molecule has 7 nitrogen and oxygen atoms in total. The molecule has 0 aliphatic heterocycles. The summed E-state index contributed by atoms with van der Waals surface area (Å²) < 4.78 is 10.0. The average molecular weight is 278 g/mol. The lowest BCUT2D eigenvalue weighted by atomic mass is 10.5. The van der Waals surface area contributed by atoms with Crippen molar-refractivity contribution in [1.82, 2.24) is 10.6 Å². The van der Waals surface area contributed by atoms with E-state index < -0.39 is 6.09 Å². The van der Waals surface area contributed by atoms with E-state index in [1.165, 1.54) is 6.92 Å². The molecule has 114 valence electrons. The second-order valence-corrected chi connectivity index (χ2v) is 3.54. The van der Waals surface area contributed by atoms with Crippen LogP contribution in [-0.2, 0) is 14.3 Å². The molecule has 7 heteroatoms. The molecule has 1 atom stereocenters. The van der Waals surface area contributed by atoms with Crippen LogP contribution in [0.25, 0.3) is 0 Å². The summed E-state index contributed by atoms with van der Waals surface area (Å²) in [7, 11) is 0. The summed E-state index contributed by atoms with van der Waals surface area (Å²) >= 11 is 0. The number of likely N-dealkylation sites (N-methyl/N-ethyl adjacent to an activating group) is 1. The maximum absolute atomic E-state index is 10.5. The second kappa shape index (κ2) is 14.7. The standard InChI is InChI=1S/C8H17NO3.C4H9NO2/c1-4-9-8(11-5-2)6-12-7(3)10;1-2-3-5-4(6)7/h8-9H,4-6H2,1-3H3;5H,2-3H2,1H3,(H,6,7). The van der Waals surface area contributed by atoms with E-state index in [1.807, 2.05) is 20.8 Å². The van der Waals surface area contributed by atoms with Gasteiger partial charge >= 0.3 is 12.1 Å². The van der Waals surface area contributed by atoms with Crippen molar-refractivity contribution in [3.63, 3.8) is 0 Å². The number of hydrogen-bond donors (Lipinski definition) is 3. The Morgan fingerprint density at radius 3 is 2.21 bits per heavy atom. The van der Waals surface area contributed by atoms with Gasteiger partial charge < -0.3 is 19.9 Å².